The lowest BCUT2D eigenvalue weighted by molar-refractivity contribution is -0.125. The van der Waals surface area contributed by atoms with Crippen LogP contribution in [0, 0.1) is 0 Å². The highest BCUT2D eigenvalue weighted by atomic mass is 79.9. The second kappa shape index (κ2) is 4.78. The maximum atomic E-state index is 11.7. The van der Waals surface area contributed by atoms with Crippen LogP contribution in [0.3, 0.4) is 0 Å². The molecule has 0 spiro atoms. The molecule has 90 valence electrons. The zero-order valence-corrected chi connectivity index (χ0v) is 12.0. The van der Waals surface area contributed by atoms with Crippen LogP contribution in [0.5, 0.6) is 5.75 Å². The van der Waals surface area contributed by atoms with Crippen molar-refractivity contribution in [1.29, 1.82) is 0 Å². The van der Waals surface area contributed by atoms with Gasteiger partial charge in [-0.1, -0.05) is 22.0 Å². The molecule has 4 nitrogen and oxygen atoms in total. The van der Waals surface area contributed by atoms with Crippen LogP contribution in [0.1, 0.15) is 11.5 Å². The van der Waals surface area contributed by atoms with Crippen molar-refractivity contribution in [2.24, 2.45) is 0 Å². The van der Waals surface area contributed by atoms with Gasteiger partial charge in [-0.25, -0.2) is 0 Å². The van der Waals surface area contributed by atoms with Gasteiger partial charge in [0.25, 0.3) is 0 Å². The van der Waals surface area contributed by atoms with Gasteiger partial charge in [-0.2, -0.15) is 0 Å². The first-order valence-corrected chi connectivity index (χ1v) is 6.57. The highest BCUT2D eigenvalue weighted by Crippen LogP contribution is 2.34. The molecular weight excluding hydrogens is 354 g/mol. The number of rotatable bonds is 2. The topological polar surface area (TPSA) is 55.4 Å². The van der Waals surface area contributed by atoms with Crippen molar-refractivity contribution in [2.45, 2.75) is 10.7 Å². The smallest absolute Gasteiger partial charge is 0.241 e. The summed E-state index contributed by atoms with van der Waals surface area (Å²) in [7, 11) is 1.55. The maximum Gasteiger partial charge on any atom is 0.241 e. The molecule has 2 unspecified atom stereocenters. The van der Waals surface area contributed by atoms with Crippen LogP contribution in [0.15, 0.2) is 22.7 Å². The maximum absolute atomic E-state index is 11.7. The van der Waals surface area contributed by atoms with E-state index < -0.39 is 10.7 Å². The first-order valence-electron chi connectivity index (χ1n) is 4.87. The van der Waals surface area contributed by atoms with E-state index in [2.05, 4.69) is 37.2 Å². The van der Waals surface area contributed by atoms with Crippen LogP contribution < -0.4 is 10.1 Å². The van der Waals surface area contributed by atoms with E-state index in [-0.39, 0.29) is 11.8 Å². The summed E-state index contributed by atoms with van der Waals surface area (Å²) in [6.07, 6.45) is 0. The lowest BCUT2D eigenvalue weighted by atomic mass is 9.97. The fraction of sp³-hybridized carbons (Fsp3) is 0.273. The third-order valence-electron chi connectivity index (χ3n) is 2.61. The Morgan fingerprint density at radius 2 is 2.00 bits per heavy atom. The van der Waals surface area contributed by atoms with Crippen LogP contribution in [-0.4, -0.2) is 23.8 Å². The summed E-state index contributed by atoms with van der Waals surface area (Å²) in [6, 6.07) is 5.34. The monoisotopic (exact) mass is 361 g/mol. The summed E-state index contributed by atoms with van der Waals surface area (Å²) in [5.74, 6) is -0.470. The lowest BCUT2D eigenvalue weighted by Crippen LogP contribution is -2.22. The lowest BCUT2D eigenvalue weighted by Gasteiger charge is -2.12. The molecule has 1 N–H and O–H groups in total. The van der Waals surface area contributed by atoms with Gasteiger partial charge in [0, 0.05) is 0 Å². The van der Waals surface area contributed by atoms with Crippen molar-refractivity contribution in [3.63, 3.8) is 0 Å². The normalized spacial score (nSPS) is 23.7. The van der Waals surface area contributed by atoms with E-state index in [4.69, 9.17) is 4.74 Å². The van der Waals surface area contributed by atoms with Crippen molar-refractivity contribution in [3.05, 3.63) is 28.2 Å². The number of amides is 2. The predicted molar refractivity (Wildman–Crippen MR) is 69.3 cm³/mol. The van der Waals surface area contributed by atoms with E-state index in [1.165, 1.54) is 0 Å². The molecular formula is C11H9Br2NO3. The quantitative estimate of drug-likeness (QED) is 0.646. The number of methoxy groups -OCH3 is 1. The van der Waals surface area contributed by atoms with E-state index in [0.717, 1.165) is 10.0 Å². The van der Waals surface area contributed by atoms with Gasteiger partial charge in [0.05, 0.1) is 17.5 Å². The van der Waals surface area contributed by atoms with Crippen molar-refractivity contribution < 1.29 is 14.3 Å². The summed E-state index contributed by atoms with van der Waals surface area (Å²) < 4.78 is 5.97. The Hall–Kier alpha value is -0.880. The van der Waals surface area contributed by atoms with Crippen molar-refractivity contribution in [3.8, 4) is 5.75 Å². The van der Waals surface area contributed by atoms with Crippen LogP contribution in [0.25, 0.3) is 0 Å². The molecule has 0 aliphatic carbocycles. The van der Waals surface area contributed by atoms with Gasteiger partial charge in [0.1, 0.15) is 10.6 Å². The Balaban J connectivity index is 2.40. The minimum atomic E-state index is -0.527. The zero-order valence-electron chi connectivity index (χ0n) is 8.87. The Morgan fingerprint density at radius 1 is 1.29 bits per heavy atom. The molecule has 1 heterocycles. The molecule has 1 aromatic rings. The molecule has 2 rings (SSSR count). The highest BCUT2D eigenvalue weighted by Gasteiger charge is 2.41. The highest BCUT2D eigenvalue weighted by molar-refractivity contribution is 9.10. The van der Waals surface area contributed by atoms with Crippen molar-refractivity contribution in [2.75, 3.05) is 7.11 Å². The Bertz CT molecular complexity index is 490. The molecule has 1 aromatic carbocycles. The number of hydrogen-bond donors (Lipinski definition) is 1. The first-order chi connectivity index (χ1) is 8.04. The molecule has 1 fully saturated rings. The van der Waals surface area contributed by atoms with Gasteiger partial charge in [0.2, 0.25) is 11.8 Å². The van der Waals surface area contributed by atoms with Gasteiger partial charge in [-0.15, -0.1) is 0 Å². The first kappa shape index (κ1) is 12.6. The summed E-state index contributed by atoms with van der Waals surface area (Å²) >= 11 is 6.56. The third-order valence-corrected chi connectivity index (χ3v) is 4.21. The average molecular weight is 363 g/mol. The molecule has 0 radical (unpaired) electrons. The Kier molecular flexibility index (Phi) is 3.53. The predicted octanol–water partition coefficient (Wildman–Crippen LogP) is 1.96. The Labute approximate surface area is 115 Å². The fourth-order valence-electron chi connectivity index (χ4n) is 1.74. The number of ether oxygens (including phenoxy) is 1. The molecule has 6 heteroatoms. The van der Waals surface area contributed by atoms with Gasteiger partial charge < -0.3 is 4.74 Å². The molecule has 0 aromatic heterocycles. The fourth-order valence-corrected chi connectivity index (χ4v) is 2.81. The van der Waals surface area contributed by atoms with E-state index >= 15 is 0 Å². The zero-order chi connectivity index (χ0) is 12.6. The average Bonchev–Trinajstić information content (AvgIpc) is 2.55. The van der Waals surface area contributed by atoms with E-state index in [0.29, 0.717) is 5.75 Å². The second-order valence-corrected chi connectivity index (χ2v) is 5.47. The summed E-state index contributed by atoms with van der Waals surface area (Å²) in [4.78, 5) is 22.5. The number of benzene rings is 1. The summed E-state index contributed by atoms with van der Waals surface area (Å²) in [6.45, 7) is 0. The minimum absolute atomic E-state index is 0.291. The van der Waals surface area contributed by atoms with Gasteiger partial charge in [-0.3, -0.25) is 14.9 Å². The summed E-state index contributed by atoms with van der Waals surface area (Å²) in [5.41, 5.74) is 0.746. The number of carbonyl (C=O) groups excluding carboxylic acids is 2. The van der Waals surface area contributed by atoms with Crippen molar-refractivity contribution >= 4 is 43.7 Å². The molecule has 2 atom stereocenters. The van der Waals surface area contributed by atoms with Gasteiger partial charge in [0.15, 0.2) is 0 Å². The number of halogens is 2. The molecule has 17 heavy (non-hydrogen) atoms. The van der Waals surface area contributed by atoms with Crippen molar-refractivity contribution in [1.82, 2.24) is 5.32 Å². The number of nitrogens with one attached hydrogen (secondary N) is 1. The number of alkyl halides is 1. The molecule has 0 bridgehead atoms. The van der Waals surface area contributed by atoms with Crippen LogP contribution >= 0.6 is 31.9 Å². The van der Waals surface area contributed by atoms with E-state index in [1.54, 1.807) is 25.3 Å². The third kappa shape index (κ3) is 2.24. The minimum Gasteiger partial charge on any atom is -0.496 e. The molecule has 1 aliphatic rings. The molecule has 0 saturated carbocycles. The van der Waals surface area contributed by atoms with E-state index in [9.17, 15) is 9.59 Å². The van der Waals surface area contributed by atoms with Crippen LogP contribution in [0.2, 0.25) is 0 Å². The molecule has 2 amide bonds. The summed E-state index contributed by atoms with van der Waals surface area (Å²) in [5, 5.41) is 2.29. The number of carbonyl (C=O) groups is 2. The van der Waals surface area contributed by atoms with Crippen LogP contribution in [-0.2, 0) is 9.59 Å². The standard InChI is InChI=1S/C11H9Br2NO3/c1-17-7-4-5(2-3-6(7)12)8-9(13)11(16)14-10(8)15/h2-4,8-9H,1H3,(H,14,15,16). The largest absolute Gasteiger partial charge is 0.496 e. The number of imide groups is 1. The molecule has 1 aliphatic heterocycles. The second-order valence-electron chi connectivity index (χ2n) is 3.63. The van der Waals surface area contributed by atoms with E-state index in [1.807, 2.05) is 0 Å². The Morgan fingerprint density at radius 3 is 2.53 bits per heavy atom. The van der Waals surface area contributed by atoms with Crippen LogP contribution in [0.4, 0.5) is 0 Å². The number of hydrogen-bond acceptors (Lipinski definition) is 3. The van der Waals surface area contributed by atoms with Gasteiger partial charge in [-0.05, 0) is 33.6 Å². The SMILES string of the molecule is COc1cc(C2C(=O)NC(=O)C2Br)ccc1Br. The van der Waals surface area contributed by atoms with Gasteiger partial charge >= 0.3 is 0 Å². The molecule has 1 saturated heterocycles.